The maximum Gasteiger partial charge on any atom is 0.261 e. The van der Waals surface area contributed by atoms with Crippen LogP contribution in [0.25, 0.3) is 0 Å². The van der Waals surface area contributed by atoms with Gasteiger partial charge in [-0.15, -0.1) is 0 Å². The molecule has 2 rings (SSSR count). The van der Waals surface area contributed by atoms with Crippen molar-refractivity contribution in [3.63, 3.8) is 0 Å². The molecule has 1 heterocycles. The second-order valence-electron chi connectivity index (χ2n) is 3.26. The number of ether oxygens (including phenoxy) is 1. The Bertz CT molecular complexity index is 479. The predicted molar refractivity (Wildman–Crippen MR) is 53.4 cm³/mol. The van der Waals surface area contributed by atoms with Crippen LogP contribution in [0.2, 0.25) is 0 Å². The van der Waals surface area contributed by atoms with Crippen LogP contribution in [0.4, 0.5) is 0 Å². The molecule has 76 valence electrons. The summed E-state index contributed by atoms with van der Waals surface area (Å²) in [5, 5.41) is 0. The third-order valence-corrected chi connectivity index (χ3v) is 3.56. The van der Waals surface area contributed by atoms with Crippen molar-refractivity contribution >= 4 is 19.7 Å². The van der Waals surface area contributed by atoms with Gasteiger partial charge in [-0.3, -0.25) is 0 Å². The number of benzene rings is 1. The van der Waals surface area contributed by atoms with Gasteiger partial charge in [0, 0.05) is 17.1 Å². The third-order valence-electron chi connectivity index (χ3n) is 2.22. The van der Waals surface area contributed by atoms with Gasteiger partial charge in [-0.05, 0) is 30.2 Å². The minimum atomic E-state index is -3.63. The molecule has 1 aromatic carbocycles. The summed E-state index contributed by atoms with van der Waals surface area (Å²) in [4.78, 5) is 0.154. The molecule has 0 atom stereocenters. The van der Waals surface area contributed by atoms with E-state index in [0.29, 0.717) is 6.61 Å². The monoisotopic (exact) mass is 232 g/mol. The highest BCUT2D eigenvalue weighted by Crippen LogP contribution is 2.32. The van der Waals surface area contributed by atoms with Gasteiger partial charge >= 0.3 is 0 Å². The second-order valence-corrected chi connectivity index (χ2v) is 5.83. The summed E-state index contributed by atoms with van der Waals surface area (Å²) < 4.78 is 27.6. The van der Waals surface area contributed by atoms with Crippen LogP contribution in [0, 0.1) is 6.92 Å². The Labute approximate surface area is 87.1 Å². The molecule has 0 fully saturated rings. The molecule has 1 aromatic rings. The average Bonchev–Trinajstić information content (AvgIpc) is 2.50. The summed E-state index contributed by atoms with van der Waals surface area (Å²) in [7, 11) is 1.63. The minimum absolute atomic E-state index is 0.154. The second kappa shape index (κ2) is 3.14. The van der Waals surface area contributed by atoms with Crippen LogP contribution >= 0.6 is 10.7 Å². The van der Waals surface area contributed by atoms with Crippen molar-refractivity contribution in [1.29, 1.82) is 0 Å². The number of fused-ring (bicyclic) bond motifs is 1. The highest BCUT2D eigenvalue weighted by molar-refractivity contribution is 8.13. The van der Waals surface area contributed by atoms with E-state index in [1.54, 1.807) is 6.07 Å². The Hall–Kier alpha value is -0.740. The quantitative estimate of drug-likeness (QED) is 0.695. The molecule has 1 aliphatic rings. The number of hydrogen-bond acceptors (Lipinski definition) is 3. The van der Waals surface area contributed by atoms with E-state index >= 15 is 0 Å². The molecular weight excluding hydrogens is 224 g/mol. The predicted octanol–water partition coefficient (Wildman–Crippen LogP) is 1.86. The molecule has 3 nitrogen and oxygen atoms in total. The van der Waals surface area contributed by atoms with Crippen LogP contribution < -0.4 is 4.74 Å². The van der Waals surface area contributed by atoms with Gasteiger partial charge in [0.05, 0.1) is 11.5 Å². The lowest BCUT2D eigenvalue weighted by Crippen LogP contribution is -1.93. The highest BCUT2D eigenvalue weighted by atomic mass is 35.7. The SMILES string of the molecule is Cc1cc(S(=O)(=O)Cl)cc2c1OCC2. The van der Waals surface area contributed by atoms with E-state index in [1.165, 1.54) is 6.07 Å². The van der Waals surface area contributed by atoms with Crippen LogP contribution in [-0.4, -0.2) is 15.0 Å². The standard InChI is InChI=1S/C9H9ClO3S/c1-6-4-8(14(10,11)12)5-7-2-3-13-9(6)7/h4-5H,2-3H2,1H3. The third kappa shape index (κ3) is 1.60. The molecule has 0 amide bonds. The first kappa shape index (κ1) is 9.80. The van der Waals surface area contributed by atoms with Gasteiger partial charge in [0.2, 0.25) is 0 Å². The fourth-order valence-corrected chi connectivity index (χ4v) is 2.48. The maximum atomic E-state index is 11.1. The molecule has 0 radical (unpaired) electrons. The molecule has 0 N–H and O–H groups in total. The lowest BCUT2D eigenvalue weighted by atomic mass is 10.1. The van der Waals surface area contributed by atoms with E-state index in [0.717, 1.165) is 23.3 Å². The van der Waals surface area contributed by atoms with Gasteiger partial charge in [-0.2, -0.15) is 0 Å². The fraction of sp³-hybridized carbons (Fsp3) is 0.333. The molecule has 0 unspecified atom stereocenters. The van der Waals surface area contributed by atoms with Crippen LogP contribution in [0.5, 0.6) is 5.75 Å². The molecule has 5 heteroatoms. The van der Waals surface area contributed by atoms with E-state index in [-0.39, 0.29) is 4.90 Å². The van der Waals surface area contributed by atoms with Gasteiger partial charge in [-0.25, -0.2) is 8.42 Å². The van der Waals surface area contributed by atoms with Gasteiger partial charge in [0.15, 0.2) is 0 Å². The number of hydrogen-bond donors (Lipinski definition) is 0. The first-order valence-electron chi connectivity index (χ1n) is 4.19. The Morgan fingerprint density at radius 1 is 1.43 bits per heavy atom. The summed E-state index contributed by atoms with van der Waals surface area (Å²) >= 11 is 0. The number of aryl methyl sites for hydroxylation is 1. The van der Waals surface area contributed by atoms with E-state index < -0.39 is 9.05 Å². The van der Waals surface area contributed by atoms with Crippen LogP contribution in [0.15, 0.2) is 17.0 Å². The average molecular weight is 233 g/mol. The van der Waals surface area contributed by atoms with Crippen molar-refractivity contribution in [2.75, 3.05) is 6.61 Å². The zero-order chi connectivity index (χ0) is 10.3. The lowest BCUT2D eigenvalue weighted by molar-refractivity contribution is 0.354. The summed E-state index contributed by atoms with van der Waals surface area (Å²) in [6.45, 7) is 2.43. The first-order valence-corrected chi connectivity index (χ1v) is 6.50. The molecule has 14 heavy (non-hydrogen) atoms. The van der Waals surface area contributed by atoms with Crippen LogP contribution in [-0.2, 0) is 15.5 Å². The maximum absolute atomic E-state index is 11.1. The van der Waals surface area contributed by atoms with Crippen molar-refractivity contribution in [2.24, 2.45) is 0 Å². The topological polar surface area (TPSA) is 43.4 Å². The van der Waals surface area contributed by atoms with Crippen LogP contribution in [0.1, 0.15) is 11.1 Å². The zero-order valence-electron chi connectivity index (χ0n) is 7.58. The molecule has 0 aliphatic carbocycles. The van der Waals surface area contributed by atoms with Crippen molar-refractivity contribution in [3.8, 4) is 5.75 Å². The van der Waals surface area contributed by atoms with Gasteiger partial charge < -0.3 is 4.74 Å². The first-order chi connectivity index (χ1) is 6.48. The smallest absolute Gasteiger partial charge is 0.261 e. The van der Waals surface area contributed by atoms with E-state index in [9.17, 15) is 8.42 Å². The summed E-state index contributed by atoms with van der Waals surface area (Å²) in [5.74, 6) is 0.800. The summed E-state index contributed by atoms with van der Waals surface area (Å²) in [6.07, 6.45) is 0.746. The molecule has 0 bridgehead atoms. The van der Waals surface area contributed by atoms with E-state index in [2.05, 4.69) is 0 Å². The molecule has 0 saturated heterocycles. The molecule has 0 spiro atoms. The Morgan fingerprint density at radius 2 is 2.14 bits per heavy atom. The normalized spacial score (nSPS) is 15.0. The van der Waals surface area contributed by atoms with Crippen molar-refractivity contribution in [1.82, 2.24) is 0 Å². The largest absolute Gasteiger partial charge is 0.493 e. The summed E-state index contributed by atoms with van der Waals surface area (Å²) in [6, 6.07) is 3.12. The summed E-state index contributed by atoms with van der Waals surface area (Å²) in [5.41, 5.74) is 1.74. The van der Waals surface area contributed by atoms with Crippen molar-refractivity contribution in [2.45, 2.75) is 18.2 Å². The van der Waals surface area contributed by atoms with Crippen LogP contribution in [0.3, 0.4) is 0 Å². The highest BCUT2D eigenvalue weighted by Gasteiger charge is 2.19. The van der Waals surface area contributed by atoms with Gasteiger partial charge in [-0.1, -0.05) is 0 Å². The van der Waals surface area contributed by atoms with E-state index in [4.69, 9.17) is 15.4 Å². The fourth-order valence-electron chi connectivity index (χ4n) is 1.61. The number of rotatable bonds is 1. The van der Waals surface area contributed by atoms with Gasteiger partial charge in [0.1, 0.15) is 5.75 Å². The molecular formula is C9H9ClO3S. The molecule has 0 saturated carbocycles. The lowest BCUT2D eigenvalue weighted by Gasteiger charge is -2.05. The zero-order valence-corrected chi connectivity index (χ0v) is 9.15. The Morgan fingerprint density at radius 3 is 2.79 bits per heavy atom. The molecule has 1 aliphatic heterocycles. The van der Waals surface area contributed by atoms with E-state index in [1.807, 2.05) is 6.92 Å². The minimum Gasteiger partial charge on any atom is -0.493 e. The Kier molecular flexibility index (Phi) is 2.20. The Balaban J connectivity index is 2.64. The molecule has 0 aromatic heterocycles. The number of halogens is 1. The van der Waals surface area contributed by atoms with Gasteiger partial charge in [0.25, 0.3) is 9.05 Å². The van der Waals surface area contributed by atoms with Crippen molar-refractivity contribution in [3.05, 3.63) is 23.3 Å². The van der Waals surface area contributed by atoms with Crippen molar-refractivity contribution < 1.29 is 13.2 Å².